The molecule has 178 valence electrons. The van der Waals surface area contributed by atoms with Crippen LogP contribution in [0.2, 0.25) is 5.15 Å². The molecule has 0 amide bonds. The van der Waals surface area contributed by atoms with Crippen molar-refractivity contribution in [3.63, 3.8) is 0 Å². The quantitative estimate of drug-likeness (QED) is 0.260. The Morgan fingerprint density at radius 1 is 0.970 bits per heavy atom. The average molecular weight is 468 g/mol. The molecule has 0 saturated heterocycles. The SMILES string of the molecule is CCCCN(Cc1cccc(OCC)c1)Cc1c(Cl)nc(-c2ccccc2C)n1CCCC. The first-order valence-electron chi connectivity index (χ1n) is 12.3. The van der Waals surface area contributed by atoms with Crippen LogP contribution in [0.25, 0.3) is 11.4 Å². The van der Waals surface area contributed by atoms with E-state index in [1.165, 1.54) is 11.1 Å². The van der Waals surface area contributed by atoms with Crippen LogP contribution in [0.5, 0.6) is 5.75 Å². The molecule has 1 heterocycles. The van der Waals surface area contributed by atoms with Crippen molar-refractivity contribution in [2.75, 3.05) is 13.2 Å². The van der Waals surface area contributed by atoms with Gasteiger partial charge in [-0.1, -0.05) is 74.7 Å². The van der Waals surface area contributed by atoms with Gasteiger partial charge in [-0.05, 0) is 56.5 Å². The standard InChI is InChI=1S/C28H38ClN3O/c1-5-8-17-31(20-23-14-12-15-24(19-23)33-7-3)21-26-27(29)30-28(32(26)18-9-6-2)25-16-11-10-13-22(25)4/h10-16,19H,5-9,17-18,20-21H2,1-4H3. The number of nitrogens with zero attached hydrogens (tertiary/aromatic N) is 3. The molecule has 0 aliphatic rings. The third-order valence-electron chi connectivity index (χ3n) is 5.96. The summed E-state index contributed by atoms with van der Waals surface area (Å²) in [6, 6.07) is 16.9. The van der Waals surface area contributed by atoms with E-state index in [1.54, 1.807) is 0 Å². The van der Waals surface area contributed by atoms with Crippen molar-refractivity contribution in [2.24, 2.45) is 0 Å². The highest BCUT2D eigenvalue weighted by atomic mass is 35.5. The zero-order chi connectivity index (χ0) is 23.6. The molecule has 2 aromatic carbocycles. The molecule has 3 rings (SSSR count). The number of aryl methyl sites for hydroxylation is 1. The van der Waals surface area contributed by atoms with Gasteiger partial charge in [-0.3, -0.25) is 4.90 Å². The number of halogens is 1. The lowest BCUT2D eigenvalue weighted by Crippen LogP contribution is -2.26. The minimum atomic E-state index is 0.619. The van der Waals surface area contributed by atoms with Crippen molar-refractivity contribution >= 4 is 11.6 Å². The molecule has 0 atom stereocenters. The molecule has 3 aromatic rings. The molecule has 0 fully saturated rings. The lowest BCUT2D eigenvalue weighted by atomic mass is 10.1. The molecule has 1 aromatic heterocycles. The lowest BCUT2D eigenvalue weighted by Gasteiger charge is -2.24. The smallest absolute Gasteiger partial charge is 0.152 e. The summed E-state index contributed by atoms with van der Waals surface area (Å²) in [5.74, 6) is 1.91. The van der Waals surface area contributed by atoms with Crippen molar-refractivity contribution in [3.05, 3.63) is 70.5 Å². The predicted octanol–water partition coefficient (Wildman–Crippen LogP) is 7.51. The Balaban J connectivity index is 1.93. The molecule has 0 aliphatic carbocycles. The van der Waals surface area contributed by atoms with E-state index in [1.807, 2.05) is 13.0 Å². The topological polar surface area (TPSA) is 30.3 Å². The number of hydrogen-bond donors (Lipinski definition) is 0. The fourth-order valence-corrected chi connectivity index (χ4v) is 4.40. The van der Waals surface area contributed by atoms with Gasteiger partial charge in [-0.15, -0.1) is 0 Å². The van der Waals surface area contributed by atoms with Gasteiger partial charge in [0.15, 0.2) is 5.15 Å². The molecule has 0 N–H and O–H groups in total. The predicted molar refractivity (Wildman–Crippen MR) is 139 cm³/mol. The van der Waals surface area contributed by atoms with Gasteiger partial charge in [0.05, 0.1) is 12.3 Å². The summed E-state index contributed by atoms with van der Waals surface area (Å²) in [4.78, 5) is 7.34. The van der Waals surface area contributed by atoms with E-state index in [0.29, 0.717) is 11.8 Å². The van der Waals surface area contributed by atoms with Crippen LogP contribution < -0.4 is 4.74 Å². The lowest BCUT2D eigenvalue weighted by molar-refractivity contribution is 0.245. The van der Waals surface area contributed by atoms with E-state index >= 15 is 0 Å². The van der Waals surface area contributed by atoms with Gasteiger partial charge in [0.1, 0.15) is 11.6 Å². The fraction of sp³-hybridized carbons (Fsp3) is 0.464. The Bertz CT molecular complexity index is 1010. The van der Waals surface area contributed by atoms with Crippen LogP contribution >= 0.6 is 11.6 Å². The van der Waals surface area contributed by atoms with Crippen LogP contribution in [0.3, 0.4) is 0 Å². The summed E-state index contributed by atoms with van der Waals surface area (Å²) >= 11 is 6.80. The summed E-state index contributed by atoms with van der Waals surface area (Å²) in [6.45, 7) is 12.9. The van der Waals surface area contributed by atoms with E-state index < -0.39 is 0 Å². The van der Waals surface area contributed by atoms with E-state index in [2.05, 4.69) is 72.7 Å². The molecule has 33 heavy (non-hydrogen) atoms. The Morgan fingerprint density at radius 3 is 2.48 bits per heavy atom. The van der Waals surface area contributed by atoms with Gasteiger partial charge in [-0.2, -0.15) is 0 Å². The number of unbranched alkanes of at least 4 members (excludes halogenated alkanes) is 2. The highest BCUT2D eigenvalue weighted by Gasteiger charge is 2.20. The minimum Gasteiger partial charge on any atom is -0.494 e. The first kappa shape index (κ1) is 25.3. The molecule has 4 nitrogen and oxygen atoms in total. The summed E-state index contributed by atoms with van der Waals surface area (Å²) in [5.41, 5.74) is 4.75. The average Bonchev–Trinajstić information content (AvgIpc) is 3.11. The van der Waals surface area contributed by atoms with E-state index in [4.69, 9.17) is 21.3 Å². The molecular formula is C28H38ClN3O. The van der Waals surface area contributed by atoms with Gasteiger partial charge in [0, 0.05) is 25.2 Å². The van der Waals surface area contributed by atoms with Crippen LogP contribution in [0, 0.1) is 6.92 Å². The fourth-order valence-electron chi connectivity index (χ4n) is 4.16. The Kier molecular flexibility index (Phi) is 9.83. The van der Waals surface area contributed by atoms with Crippen molar-refractivity contribution in [1.82, 2.24) is 14.5 Å². The maximum Gasteiger partial charge on any atom is 0.152 e. The Labute approximate surface area is 204 Å². The second-order valence-corrected chi connectivity index (χ2v) is 9.00. The molecule has 0 bridgehead atoms. The molecule has 0 aliphatic heterocycles. The zero-order valence-electron chi connectivity index (χ0n) is 20.6. The van der Waals surface area contributed by atoms with E-state index in [0.717, 1.165) is 74.7 Å². The highest BCUT2D eigenvalue weighted by Crippen LogP contribution is 2.30. The van der Waals surface area contributed by atoms with Crippen molar-refractivity contribution in [2.45, 2.75) is 73.0 Å². The van der Waals surface area contributed by atoms with Crippen LogP contribution in [-0.2, 0) is 19.6 Å². The Hall–Kier alpha value is -2.30. The highest BCUT2D eigenvalue weighted by molar-refractivity contribution is 6.30. The largest absolute Gasteiger partial charge is 0.494 e. The normalized spacial score (nSPS) is 11.3. The first-order chi connectivity index (χ1) is 16.1. The van der Waals surface area contributed by atoms with Gasteiger partial charge in [0.25, 0.3) is 0 Å². The van der Waals surface area contributed by atoms with Gasteiger partial charge in [-0.25, -0.2) is 4.98 Å². The number of hydrogen-bond acceptors (Lipinski definition) is 3. The van der Waals surface area contributed by atoms with Crippen molar-refractivity contribution in [1.29, 1.82) is 0 Å². The minimum absolute atomic E-state index is 0.619. The maximum atomic E-state index is 6.80. The second kappa shape index (κ2) is 12.8. The third kappa shape index (κ3) is 6.84. The monoisotopic (exact) mass is 467 g/mol. The van der Waals surface area contributed by atoms with E-state index in [9.17, 15) is 0 Å². The molecule has 5 heteroatoms. The van der Waals surface area contributed by atoms with Crippen LogP contribution in [0.15, 0.2) is 48.5 Å². The zero-order valence-corrected chi connectivity index (χ0v) is 21.4. The van der Waals surface area contributed by atoms with Gasteiger partial charge < -0.3 is 9.30 Å². The number of aromatic nitrogens is 2. The van der Waals surface area contributed by atoms with Crippen LogP contribution in [0.1, 0.15) is 63.3 Å². The van der Waals surface area contributed by atoms with Crippen LogP contribution in [0.4, 0.5) is 0 Å². The first-order valence-corrected chi connectivity index (χ1v) is 12.7. The number of benzene rings is 2. The molecular weight excluding hydrogens is 430 g/mol. The maximum absolute atomic E-state index is 6.80. The van der Waals surface area contributed by atoms with Gasteiger partial charge in [0.2, 0.25) is 0 Å². The van der Waals surface area contributed by atoms with E-state index in [-0.39, 0.29) is 0 Å². The molecule has 0 spiro atoms. The summed E-state index contributed by atoms with van der Waals surface area (Å²) < 4.78 is 8.07. The number of ether oxygens (including phenoxy) is 1. The van der Waals surface area contributed by atoms with Crippen molar-refractivity contribution in [3.8, 4) is 17.1 Å². The van der Waals surface area contributed by atoms with Gasteiger partial charge >= 0.3 is 0 Å². The molecule has 0 unspecified atom stereocenters. The van der Waals surface area contributed by atoms with Crippen LogP contribution in [-0.4, -0.2) is 27.6 Å². The molecule has 0 radical (unpaired) electrons. The summed E-state index contributed by atoms with van der Waals surface area (Å²) in [6.07, 6.45) is 4.54. The number of imidazole rings is 1. The summed E-state index contributed by atoms with van der Waals surface area (Å²) in [7, 11) is 0. The Morgan fingerprint density at radius 2 is 1.76 bits per heavy atom. The van der Waals surface area contributed by atoms with Crippen molar-refractivity contribution < 1.29 is 4.74 Å². The molecule has 0 saturated carbocycles. The second-order valence-electron chi connectivity index (χ2n) is 8.64. The third-order valence-corrected chi connectivity index (χ3v) is 6.26. The number of rotatable bonds is 13. The summed E-state index contributed by atoms with van der Waals surface area (Å²) in [5, 5.41) is 0.619.